The largest absolute Gasteiger partial charge is 0.118 e. The lowest BCUT2D eigenvalue weighted by molar-refractivity contribution is 0.700. The Hall–Kier alpha value is -0.750. The highest BCUT2D eigenvalue weighted by molar-refractivity contribution is 6.21. The van der Waals surface area contributed by atoms with E-state index in [4.69, 9.17) is 11.6 Å². The molecule has 14 heavy (non-hydrogen) atoms. The van der Waals surface area contributed by atoms with Crippen molar-refractivity contribution in [2.24, 2.45) is 0 Å². The first-order valence-electron chi connectivity index (χ1n) is 5.15. The van der Waals surface area contributed by atoms with E-state index in [0.29, 0.717) is 0 Å². The predicted octanol–water partition coefficient (Wildman–Crippen LogP) is 4.80. The molecule has 1 aromatic rings. The Labute approximate surface area is 91.6 Å². The Morgan fingerprint density at radius 2 is 2.14 bits per heavy atom. The Morgan fingerprint density at radius 3 is 2.79 bits per heavy atom. The Bertz CT molecular complexity index is 291. The Morgan fingerprint density at radius 1 is 1.43 bits per heavy atom. The van der Waals surface area contributed by atoms with Gasteiger partial charge < -0.3 is 0 Å². The number of unbranched alkanes of at least 4 members (excludes halogenated alkanes) is 1. The van der Waals surface area contributed by atoms with Gasteiger partial charge in [0.1, 0.15) is 0 Å². The van der Waals surface area contributed by atoms with E-state index in [1.807, 2.05) is 18.2 Å². The van der Waals surface area contributed by atoms with Crippen LogP contribution in [0.5, 0.6) is 0 Å². The lowest BCUT2D eigenvalue weighted by Gasteiger charge is -2.11. The summed E-state index contributed by atoms with van der Waals surface area (Å²) < 4.78 is 0. The lowest BCUT2D eigenvalue weighted by atomic mass is 10.0. The van der Waals surface area contributed by atoms with Gasteiger partial charge >= 0.3 is 0 Å². The van der Waals surface area contributed by atoms with Crippen LogP contribution in [-0.2, 0) is 0 Å². The van der Waals surface area contributed by atoms with Crippen molar-refractivity contribution in [1.29, 1.82) is 0 Å². The van der Waals surface area contributed by atoms with Crippen molar-refractivity contribution in [1.82, 2.24) is 0 Å². The zero-order valence-corrected chi connectivity index (χ0v) is 9.43. The first kappa shape index (κ1) is 11.3. The number of hydrogen-bond acceptors (Lipinski definition) is 0. The fraction of sp³-hybridized carbons (Fsp3) is 0.385. The molecule has 0 aliphatic rings. The fourth-order valence-corrected chi connectivity index (χ4v) is 1.87. The van der Waals surface area contributed by atoms with E-state index in [9.17, 15) is 0 Å². The summed E-state index contributed by atoms with van der Waals surface area (Å²) in [6.07, 6.45) is 5.29. The minimum absolute atomic E-state index is 0.129. The van der Waals surface area contributed by atoms with Gasteiger partial charge in [-0.25, -0.2) is 0 Å². The molecule has 0 aliphatic carbocycles. The van der Waals surface area contributed by atoms with Crippen molar-refractivity contribution in [3.63, 3.8) is 0 Å². The second kappa shape index (κ2) is 5.87. The molecule has 0 N–H and O–H groups in total. The maximum absolute atomic E-state index is 6.32. The molecule has 1 atom stereocenters. The van der Waals surface area contributed by atoms with Crippen LogP contribution in [-0.4, -0.2) is 0 Å². The van der Waals surface area contributed by atoms with Crippen LogP contribution in [0.25, 0.3) is 6.08 Å². The molecule has 0 saturated heterocycles. The van der Waals surface area contributed by atoms with Gasteiger partial charge in [-0.3, -0.25) is 0 Å². The second-order valence-electron chi connectivity index (χ2n) is 3.44. The molecular formula is C13H17Cl. The minimum Gasteiger partial charge on any atom is -0.118 e. The van der Waals surface area contributed by atoms with Crippen molar-refractivity contribution in [3.8, 4) is 0 Å². The summed E-state index contributed by atoms with van der Waals surface area (Å²) in [5, 5.41) is 0.129. The maximum atomic E-state index is 6.32. The van der Waals surface area contributed by atoms with Crippen LogP contribution >= 0.6 is 11.6 Å². The third kappa shape index (κ3) is 2.88. The SMILES string of the molecule is C=Cc1ccccc1C(Cl)CCCC. The van der Waals surface area contributed by atoms with Crippen molar-refractivity contribution < 1.29 is 0 Å². The zero-order valence-electron chi connectivity index (χ0n) is 8.67. The third-order valence-electron chi connectivity index (χ3n) is 2.36. The van der Waals surface area contributed by atoms with E-state index in [2.05, 4.69) is 25.6 Å². The third-order valence-corrected chi connectivity index (χ3v) is 2.82. The molecule has 0 amide bonds. The summed E-state index contributed by atoms with van der Waals surface area (Å²) in [6, 6.07) is 8.20. The molecule has 0 fully saturated rings. The van der Waals surface area contributed by atoms with Gasteiger partial charge in [-0.05, 0) is 17.5 Å². The Balaban J connectivity index is 2.77. The summed E-state index contributed by atoms with van der Waals surface area (Å²) in [7, 11) is 0. The Kier molecular flexibility index (Phi) is 4.75. The molecular weight excluding hydrogens is 192 g/mol. The first-order valence-corrected chi connectivity index (χ1v) is 5.58. The number of hydrogen-bond donors (Lipinski definition) is 0. The zero-order chi connectivity index (χ0) is 10.4. The van der Waals surface area contributed by atoms with E-state index >= 15 is 0 Å². The van der Waals surface area contributed by atoms with Crippen LogP contribution < -0.4 is 0 Å². The number of benzene rings is 1. The van der Waals surface area contributed by atoms with E-state index in [-0.39, 0.29) is 5.38 Å². The van der Waals surface area contributed by atoms with Crippen LogP contribution in [0.3, 0.4) is 0 Å². The molecule has 1 rings (SSSR count). The summed E-state index contributed by atoms with van der Waals surface area (Å²) >= 11 is 6.32. The maximum Gasteiger partial charge on any atom is 0.0591 e. The summed E-state index contributed by atoms with van der Waals surface area (Å²) in [6.45, 7) is 5.98. The molecule has 1 unspecified atom stereocenters. The van der Waals surface area contributed by atoms with E-state index < -0.39 is 0 Å². The van der Waals surface area contributed by atoms with Crippen molar-refractivity contribution in [2.75, 3.05) is 0 Å². The van der Waals surface area contributed by atoms with Gasteiger partial charge in [-0.15, -0.1) is 11.6 Å². The topological polar surface area (TPSA) is 0 Å². The molecule has 0 aliphatic heterocycles. The summed E-state index contributed by atoms with van der Waals surface area (Å²) in [5.41, 5.74) is 2.36. The normalized spacial score (nSPS) is 12.4. The standard InChI is InChI=1S/C13H17Cl/c1-3-5-10-13(14)12-9-7-6-8-11(12)4-2/h4,6-9,13H,2-3,5,10H2,1H3. The molecule has 76 valence electrons. The minimum atomic E-state index is 0.129. The van der Waals surface area contributed by atoms with Crippen LogP contribution in [0.1, 0.15) is 42.7 Å². The molecule has 0 nitrogen and oxygen atoms in total. The number of alkyl halides is 1. The molecule has 0 spiro atoms. The average Bonchev–Trinajstić information content (AvgIpc) is 2.25. The van der Waals surface area contributed by atoms with E-state index in [1.165, 1.54) is 18.4 Å². The number of halogens is 1. The molecule has 1 heteroatoms. The summed E-state index contributed by atoms with van der Waals surface area (Å²) in [4.78, 5) is 0. The van der Waals surface area contributed by atoms with Crippen LogP contribution in [0.4, 0.5) is 0 Å². The fourth-order valence-electron chi connectivity index (χ4n) is 1.52. The molecule has 0 aromatic heterocycles. The van der Waals surface area contributed by atoms with Gasteiger partial charge in [0.05, 0.1) is 5.38 Å². The van der Waals surface area contributed by atoms with Gasteiger partial charge in [0.25, 0.3) is 0 Å². The molecule has 0 saturated carbocycles. The lowest BCUT2D eigenvalue weighted by Crippen LogP contribution is -1.93. The van der Waals surface area contributed by atoms with Crippen molar-refractivity contribution in [2.45, 2.75) is 31.6 Å². The highest BCUT2D eigenvalue weighted by Crippen LogP contribution is 2.29. The summed E-state index contributed by atoms with van der Waals surface area (Å²) in [5.74, 6) is 0. The van der Waals surface area contributed by atoms with Crippen LogP contribution in [0.2, 0.25) is 0 Å². The average molecular weight is 209 g/mol. The predicted molar refractivity (Wildman–Crippen MR) is 64.7 cm³/mol. The van der Waals surface area contributed by atoms with Crippen molar-refractivity contribution >= 4 is 17.7 Å². The van der Waals surface area contributed by atoms with Gasteiger partial charge in [-0.2, -0.15) is 0 Å². The highest BCUT2D eigenvalue weighted by Gasteiger charge is 2.09. The monoisotopic (exact) mass is 208 g/mol. The van der Waals surface area contributed by atoms with Gasteiger partial charge in [0.2, 0.25) is 0 Å². The van der Waals surface area contributed by atoms with Crippen LogP contribution in [0.15, 0.2) is 30.8 Å². The molecule has 1 aromatic carbocycles. The van der Waals surface area contributed by atoms with E-state index in [0.717, 1.165) is 12.0 Å². The smallest absolute Gasteiger partial charge is 0.0591 e. The van der Waals surface area contributed by atoms with Gasteiger partial charge in [0, 0.05) is 0 Å². The van der Waals surface area contributed by atoms with E-state index in [1.54, 1.807) is 0 Å². The van der Waals surface area contributed by atoms with Crippen LogP contribution in [0, 0.1) is 0 Å². The highest BCUT2D eigenvalue weighted by atomic mass is 35.5. The molecule has 0 heterocycles. The van der Waals surface area contributed by atoms with Gasteiger partial charge in [0.15, 0.2) is 0 Å². The first-order chi connectivity index (χ1) is 6.79. The quantitative estimate of drug-likeness (QED) is 0.610. The second-order valence-corrected chi connectivity index (χ2v) is 3.97. The molecule has 0 radical (unpaired) electrons. The van der Waals surface area contributed by atoms with Gasteiger partial charge in [-0.1, -0.05) is 56.7 Å². The van der Waals surface area contributed by atoms with Crippen molar-refractivity contribution in [3.05, 3.63) is 42.0 Å². The number of rotatable bonds is 5. The molecule has 0 bridgehead atoms.